The van der Waals surface area contributed by atoms with Gasteiger partial charge in [-0.2, -0.15) is 4.89 Å². The number of esters is 1. The van der Waals surface area contributed by atoms with Crippen molar-refractivity contribution in [2.45, 2.75) is 84.3 Å². The molecule has 2 atom stereocenters. The van der Waals surface area contributed by atoms with Crippen LogP contribution in [0.4, 0.5) is 4.79 Å². The molecule has 134 valence electrons. The highest BCUT2D eigenvalue weighted by Crippen LogP contribution is 2.30. The van der Waals surface area contributed by atoms with Crippen LogP contribution in [-0.4, -0.2) is 30.4 Å². The Kier molecular flexibility index (Phi) is 8.37. The van der Waals surface area contributed by atoms with Gasteiger partial charge in [0.2, 0.25) is 0 Å². The quantitative estimate of drug-likeness (QED) is 0.273. The van der Waals surface area contributed by atoms with Gasteiger partial charge in [-0.25, -0.2) is 4.79 Å². The zero-order valence-corrected chi connectivity index (χ0v) is 14.8. The lowest BCUT2D eigenvalue weighted by Gasteiger charge is -2.23. The first-order chi connectivity index (χ1) is 10.9. The molecule has 1 fully saturated rings. The van der Waals surface area contributed by atoms with E-state index in [0.29, 0.717) is 19.4 Å². The van der Waals surface area contributed by atoms with Gasteiger partial charge in [-0.1, -0.05) is 26.2 Å². The van der Waals surface area contributed by atoms with Crippen LogP contribution in [-0.2, 0) is 24.0 Å². The number of rotatable bonds is 9. The van der Waals surface area contributed by atoms with Crippen LogP contribution in [0.25, 0.3) is 0 Å². The van der Waals surface area contributed by atoms with Crippen LogP contribution in [0.5, 0.6) is 0 Å². The highest BCUT2D eigenvalue weighted by Gasteiger charge is 2.37. The summed E-state index contributed by atoms with van der Waals surface area (Å²) in [6.07, 6.45) is 4.78. The third-order valence-corrected chi connectivity index (χ3v) is 4.01. The summed E-state index contributed by atoms with van der Waals surface area (Å²) in [4.78, 5) is 33.6. The Morgan fingerprint density at radius 3 is 2.52 bits per heavy atom. The largest absolute Gasteiger partial charge is 0.540 e. The topological polar surface area (TPSA) is 71.1 Å². The summed E-state index contributed by atoms with van der Waals surface area (Å²) >= 11 is 0. The van der Waals surface area contributed by atoms with Crippen molar-refractivity contribution in [3.05, 3.63) is 0 Å². The van der Waals surface area contributed by atoms with Crippen LogP contribution in [0.3, 0.4) is 0 Å². The van der Waals surface area contributed by atoms with E-state index in [1.807, 2.05) is 13.8 Å². The zero-order valence-electron chi connectivity index (χ0n) is 14.8. The van der Waals surface area contributed by atoms with Gasteiger partial charge < -0.3 is 9.47 Å². The second kappa shape index (κ2) is 9.75. The van der Waals surface area contributed by atoms with Crippen molar-refractivity contribution in [1.82, 2.24) is 0 Å². The smallest absolute Gasteiger partial charge is 0.466 e. The lowest BCUT2D eigenvalue weighted by molar-refractivity contribution is -0.320. The van der Waals surface area contributed by atoms with E-state index in [-0.39, 0.29) is 5.97 Å². The van der Waals surface area contributed by atoms with Gasteiger partial charge in [0.15, 0.2) is 0 Å². The molecule has 0 aliphatic heterocycles. The molecule has 0 aromatic heterocycles. The van der Waals surface area contributed by atoms with Crippen LogP contribution < -0.4 is 0 Å². The summed E-state index contributed by atoms with van der Waals surface area (Å²) in [5.74, 6) is -0.719. The Morgan fingerprint density at radius 1 is 1.13 bits per heavy atom. The van der Waals surface area contributed by atoms with Crippen LogP contribution in [0.1, 0.15) is 72.6 Å². The van der Waals surface area contributed by atoms with Crippen molar-refractivity contribution in [2.75, 3.05) is 6.61 Å². The minimum absolute atomic E-state index is 0.316. The lowest BCUT2D eigenvalue weighted by Crippen LogP contribution is -2.31. The molecule has 1 aliphatic rings. The Labute approximate surface area is 138 Å². The predicted molar refractivity (Wildman–Crippen MR) is 84.6 cm³/mol. The van der Waals surface area contributed by atoms with Crippen molar-refractivity contribution in [3.8, 4) is 0 Å². The van der Waals surface area contributed by atoms with Crippen molar-refractivity contribution in [2.24, 2.45) is 5.92 Å². The van der Waals surface area contributed by atoms with Gasteiger partial charge in [0, 0.05) is 0 Å². The Balaban J connectivity index is 2.36. The Hall–Kier alpha value is -1.30. The average Bonchev–Trinajstić information content (AvgIpc) is 2.94. The van der Waals surface area contributed by atoms with E-state index in [4.69, 9.17) is 19.2 Å². The molecule has 0 aromatic carbocycles. The normalized spacial score (nSPS) is 21.0. The molecule has 0 heterocycles. The highest BCUT2D eigenvalue weighted by atomic mass is 17.2. The first-order valence-corrected chi connectivity index (χ1v) is 8.62. The van der Waals surface area contributed by atoms with Crippen LogP contribution in [0, 0.1) is 5.92 Å². The average molecular weight is 330 g/mol. The predicted octanol–water partition coefficient (Wildman–Crippen LogP) is 4.16. The standard InChI is InChI=1S/C17H30O6/c1-5-7-8-12-17(3,4)23-22-16(19)21-14-11-9-10-13(14)15(18)20-6-2/h13-14H,5-12H2,1-4H3. The summed E-state index contributed by atoms with van der Waals surface area (Å²) in [7, 11) is 0. The monoisotopic (exact) mass is 330 g/mol. The number of unbranched alkanes of at least 4 members (excludes halogenated alkanes) is 2. The molecule has 1 saturated carbocycles. The van der Waals surface area contributed by atoms with Crippen LogP contribution >= 0.6 is 0 Å². The van der Waals surface area contributed by atoms with Crippen molar-refractivity contribution in [1.29, 1.82) is 0 Å². The molecular formula is C17H30O6. The molecule has 0 aromatic rings. The van der Waals surface area contributed by atoms with Crippen molar-refractivity contribution < 1.29 is 28.8 Å². The molecule has 1 rings (SSSR count). The van der Waals surface area contributed by atoms with Crippen LogP contribution in [0.2, 0.25) is 0 Å². The Bertz CT molecular complexity index is 379. The van der Waals surface area contributed by atoms with Gasteiger partial charge >= 0.3 is 12.1 Å². The van der Waals surface area contributed by atoms with Gasteiger partial charge in [0.1, 0.15) is 11.7 Å². The third-order valence-electron chi connectivity index (χ3n) is 4.01. The third kappa shape index (κ3) is 7.20. The molecule has 0 spiro atoms. The van der Waals surface area contributed by atoms with E-state index in [1.165, 1.54) is 0 Å². The number of carbonyl (C=O) groups is 2. The molecule has 0 N–H and O–H groups in total. The van der Waals surface area contributed by atoms with Gasteiger partial charge in [0.25, 0.3) is 0 Å². The molecular weight excluding hydrogens is 300 g/mol. The highest BCUT2D eigenvalue weighted by molar-refractivity contribution is 5.74. The van der Waals surface area contributed by atoms with Gasteiger partial charge in [-0.3, -0.25) is 9.68 Å². The molecule has 1 aliphatic carbocycles. The molecule has 2 unspecified atom stereocenters. The van der Waals surface area contributed by atoms with Crippen LogP contribution in [0.15, 0.2) is 0 Å². The number of hydrogen-bond acceptors (Lipinski definition) is 6. The SMILES string of the molecule is CCCCCC(C)(C)OOC(=O)OC1CCCC1C(=O)OCC. The van der Waals surface area contributed by atoms with E-state index < -0.39 is 23.8 Å². The van der Waals surface area contributed by atoms with E-state index in [2.05, 4.69) is 6.92 Å². The summed E-state index contributed by atoms with van der Waals surface area (Å²) in [6, 6.07) is 0. The molecule has 6 nitrogen and oxygen atoms in total. The summed E-state index contributed by atoms with van der Waals surface area (Å²) in [5, 5.41) is 0. The number of hydrogen-bond donors (Lipinski definition) is 0. The molecule has 23 heavy (non-hydrogen) atoms. The van der Waals surface area contributed by atoms with Gasteiger partial charge in [-0.15, -0.1) is 0 Å². The molecule has 0 saturated heterocycles. The van der Waals surface area contributed by atoms with Gasteiger partial charge in [0.05, 0.1) is 12.5 Å². The molecule has 0 radical (unpaired) electrons. The first kappa shape index (κ1) is 19.7. The fraction of sp³-hybridized carbons (Fsp3) is 0.882. The fourth-order valence-corrected chi connectivity index (χ4v) is 2.72. The summed E-state index contributed by atoms with van der Waals surface area (Å²) in [5.41, 5.74) is -0.551. The summed E-state index contributed by atoms with van der Waals surface area (Å²) in [6.45, 7) is 7.94. The molecule has 0 bridgehead atoms. The zero-order chi connectivity index (χ0) is 17.3. The lowest BCUT2D eigenvalue weighted by atomic mass is 10.0. The maximum absolute atomic E-state index is 11.8. The van der Waals surface area contributed by atoms with Crippen molar-refractivity contribution in [3.63, 3.8) is 0 Å². The fourth-order valence-electron chi connectivity index (χ4n) is 2.72. The second-order valence-corrected chi connectivity index (χ2v) is 6.58. The van der Waals surface area contributed by atoms with E-state index in [9.17, 15) is 9.59 Å². The van der Waals surface area contributed by atoms with E-state index in [1.54, 1.807) is 6.92 Å². The van der Waals surface area contributed by atoms with E-state index >= 15 is 0 Å². The Morgan fingerprint density at radius 2 is 1.87 bits per heavy atom. The molecule has 0 amide bonds. The van der Waals surface area contributed by atoms with Gasteiger partial charge in [-0.05, 0) is 46.5 Å². The number of ether oxygens (including phenoxy) is 2. The first-order valence-electron chi connectivity index (χ1n) is 8.62. The number of carbonyl (C=O) groups excluding carboxylic acids is 2. The van der Waals surface area contributed by atoms with Crippen molar-refractivity contribution >= 4 is 12.1 Å². The second-order valence-electron chi connectivity index (χ2n) is 6.58. The minimum atomic E-state index is -0.894. The molecule has 6 heteroatoms. The van der Waals surface area contributed by atoms with E-state index in [0.717, 1.165) is 32.1 Å². The minimum Gasteiger partial charge on any atom is -0.466 e. The summed E-state index contributed by atoms with van der Waals surface area (Å²) < 4.78 is 10.2. The maximum Gasteiger partial charge on any atom is 0.540 e. The maximum atomic E-state index is 11.8.